The van der Waals surface area contributed by atoms with Gasteiger partial charge in [0.2, 0.25) is 0 Å². The molecule has 4 nitrogen and oxygen atoms in total. The number of rotatable bonds is 3. The van der Waals surface area contributed by atoms with E-state index in [0.29, 0.717) is 12.8 Å². The summed E-state index contributed by atoms with van der Waals surface area (Å²) < 4.78 is 0. The van der Waals surface area contributed by atoms with E-state index in [-0.39, 0.29) is 0 Å². The maximum atomic E-state index is 11.2. The van der Waals surface area contributed by atoms with Crippen LogP contribution in [0.1, 0.15) is 18.5 Å². The highest BCUT2D eigenvalue weighted by molar-refractivity contribution is 5.75. The molecule has 0 amide bonds. The van der Waals surface area contributed by atoms with Crippen LogP contribution < -0.4 is 10.4 Å². The molecule has 1 aromatic rings. The van der Waals surface area contributed by atoms with E-state index < -0.39 is 11.5 Å². The number of nitrogens with zero attached hydrogens (tertiary/aromatic N) is 1. The van der Waals surface area contributed by atoms with Gasteiger partial charge in [0, 0.05) is 24.7 Å². The maximum Gasteiger partial charge on any atom is 0.142 e. The van der Waals surface area contributed by atoms with Gasteiger partial charge in [-0.3, -0.25) is 4.98 Å². The number of carboxylic acid groups (broad SMARTS) is 1. The number of hydrogen-bond donors (Lipinski definition) is 1. The smallest absolute Gasteiger partial charge is 0.142 e. The molecule has 0 radical (unpaired) electrons. The number of pyridine rings is 1. The molecule has 0 saturated carbocycles. The van der Waals surface area contributed by atoms with Crippen LogP contribution in [0.25, 0.3) is 0 Å². The molecule has 0 aliphatic carbocycles. The Morgan fingerprint density at radius 3 is 3.00 bits per heavy atom. The molecule has 2 heterocycles. The van der Waals surface area contributed by atoms with Crippen LogP contribution in [0.5, 0.6) is 0 Å². The minimum atomic E-state index is -0.967. The summed E-state index contributed by atoms with van der Waals surface area (Å²) >= 11 is 0. The van der Waals surface area contributed by atoms with E-state index in [1.54, 1.807) is 6.20 Å². The third kappa shape index (κ3) is 1.99. The number of hydrogen-bond acceptors (Lipinski definition) is 3. The van der Waals surface area contributed by atoms with Gasteiger partial charge in [-0.15, -0.1) is 0 Å². The Labute approximate surface area is 88.3 Å². The van der Waals surface area contributed by atoms with Gasteiger partial charge in [0.1, 0.15) is 11.5 Å². The minimum absolute atomic E-state index is 0.455. The van der Waals surface area contributed by atoms with Crippen molar-refractivity contribution in [3.63, 3.8) is 0 Å². The molecule has 4 heteroatoms. The van der Waals surface area contributed by atoms with E-state index in [1.807, 2.05) is 23.5 Å². The van der Waals surface area contributed by atoms with Gasteiger partial charge in [-0.25, -0.2) is 0 Å². The highest BCUT2D eigenvalue weighted by Gasteiger charge is 2.39. The van der Waals surface area contributed by atoms with Crippen LogP contribution in [0.4, 0.5) is 0 Å². The fourth-order valence-electron chi connectivity index (χ4n) is 2.14. The van der Waals surface area contributed by atoms with E-state index in [2.05, 4.69) is 4.98 Å². The molecule has 0 bridgehead atoms. The average molecular weight is 206 g/mol. The van der Waals surface area contributed by atoms with Gasteiger partial charge in [-0.1, -0.05) is 6.07 Å². The van der Waals surface area contributed by atoms with Crippen LogP contribution in [0.2, 0.25) is 0 Å². The molecule has 15 heavy (non-hydrogen) atoms. The molecule has 0 unspecified atom stereocenters. The first-order valence-electron chi connectivity index (χ1n) is 5.19. The zero-order valence-corrected chi connectivity index (χ0v) is 8.48. The van der Waals surface area contributed by atoms with Gasteiger partial charge in [-0.2, -0.15) is 0 Å². The van der Waals surface area contributed by atoms with Crippen molar-refractivity contribution in [3.8, 4) is 0 Å². The number of carbonyl (C=O) groups excluding carboxylic acids is 1. The van der Waals surface area contributed by atoms with Crippen molar-refractivity contribution in [3.05, 3.63) is 30.1 Å². The van der Waals surface area contributed by atoms with Gasteiger partial charge in [0.05, 0.1) is 13.0 Å². The van der Waals surface area contributed by atoms with E-state index >= 15 is 0 Å². The second kappa shape index (κ2) is 3.98. The normalized spacial score (nSPS) is 25.3. The zero-order valence-electron chi connectivity index (χ0n) is 8.48. The first kappa shape index (κ1) is 10.1. The van der Waals surface area contributed by atoms with Crippen LogP contribution in [0.15, 0.2) is 24.4 Å². The maximum absolute atomic E-state index is 11.2. The summed E-state index contributed by atoms with van der Waals surface area (Å²) in [6, 6.07) is 5.56. The lowest BCUT2D eigenvalue weighted by Gasteiger charge is -2.26. The average Bonchev–Trinajstić information content (AvgIpc) is 2.69. The van der Waals surface area contributed by atoms with Gasteiger partial charge >= 0.3 is 0 Å². The first-order valence-corrected chi connectivity index (χ1v) is 5.19. The molecule has 1 aromatic heterocycles. The van der Waals surface area contributed by atoms with Crippen LogP contribution in [-0.2, 0) is 11.2 Å². The highest BCUT2D eigenvalue weighted by atomic mass is 16.4. The van der Waals surface area contributed by atoms with E-state index in [0.717, 1.165) is 18.7 Å². The number of nitrogens with two attached hydrogens (primary N) is 1. The summed E-state index contributed by atoms with van der Waals surface area (Å²) in [6.07, 6.45) is 3.75. The molecule has 0 spiro atoms. The predicted molar refractivity (Wildman–Crippen MR) is 51.7 cm³/mol. The summed E-state index contributed by atoms with van der Waals surface area (Å²) in [6.45, 7) is 0.862. The number of aromatic nitrogens is 1. The summed E-state index contributed by atoms with van der Waals surface area (Å²) in [4.78, 5) is 15.3. The number of quaternary nitrogens is 1. The first-order chi connectivity index (χ1) is 7.23. The Kier molecular flexibility index (Phi) is 2.68. The molecule has 1 aliphatic rings. The summed E-state index contributed by atoms with van der Waals surface area (Å²) in [5, 5.41) is 13.0. The lowest BCUT2D eigenvalue weighted by molar-refractivity contribution is -0.700. The van der Waals surface area contributed by atoms with Gasteiger partial charge in [-0.05, 0) is 12.1 Å². The van der Waals surface area contributed by atoms with Crippen molar-refractivity contribution in [2.75, 3.05) is 6.54 Å². The molecule has 1 atom stereocenters. The predicted octanol–water partition coefficient (Wildman–Crippen LogP) is -1.53. The number of carbonyl (C=O) groups is 1. The summed E-state index contributed by atoms with van der Waals surface area (Å²) in [5.41, 5.74) is 0.0359. The zero-order chi connectivity index (χ0) is 10.7. The standard InChI is InChI=1S/C11H14N2O2/c14-10(15)11(5-3-7-13-11)8-9-4-1-2-6-12-9/h1-2,4,6,13H,3,5,7-8H2,(H,14,15)/t11-/m0/s1. The lowest BCUT2D eigenvalue weighted by Crippen LogP contribution is -2.97. The molecule has 1 fully saturated rings. The molecule has 0 aromatic carbocycles. The lowest BCUT2D eigenvalue weighted by atomic mass is 9.91. The Hall–Kier alpha value is -1.42. The van der Waals surface area contributed by atoms with Gasteiger partial charge in [0.15, 0.2) is 0 Å². The van der Waals surface area contributed by atoms with E-state index in [1.165, 1.54) is 0 Å². The Morgan fingerprint density at radius 2 is 2.47 bits per heavy atom. The van der Waals surface area contributed by atoms with Crippen molar-refractivity contribution in [1.82, 2.24) is 4.98 Å². The third-order valence-electron chi connectivity index (χ3n) is 2.99. The van der Waals surface area contributed by atoms with Crippen LogP contribution in [0.3, 0.4) is 0 Å². The third-order valence-corrected chi connectivity index (χ3v) is 2.99. The quantitative estimate of drug-likeness (QED) is 0.652. The number of aliphatic carboxylic acids is 1. The SMILES string of the molecule is O=C([O-])[C@@]1(Cc2ccccn2)CCC[NH2+]1. The second-order valence-corrected chi connectivity index (χ2v) is 4.04. The molecule has 1 saturated heterocycles. The van der Waals surface area contributed by atoms with E-state index in [4.69, 9.17) is 0 Å². The molecule has 1 aliphatic heterocycles. The highest BCUT2D eigenvalue weighted by Crippen LogP contribution is 2.16. The van der Waals surface area contributed by atoms with Crippen molar-refractivity contribution < 1.29 is 15.2 Å². The summed E-state index contributed by atoms with van der Waals surface area (Å²) in [7, 11) is 0. The summed E-state index contributed by atoms with van der Waals surface area (Å²) in [5.74, 6) is -0.967. The minimum Gasteiger partial charge on any atom is -0.544 e. The van der Waals surface area contributed by atoms with Gasteiger partial charge < -0.3 is 15.2 Å². The van der Waals surface area contributed by atoms with Crippen molar-refractivity contribution in [1.29, 1.82) is 0 Å². The fourth-order valence-corrected chi connectivity index (χ4v) is 2.14. The second-order valence-electron chi connectivity index (χ2n) is 4.04. The van der Waals surface area contributed by atoms with Gasteiger partial charge in [0.25, 0.3) is 0 Å². The molecule has 2 N–H and O–H groups in total. The monoisotopic (exact) mass is 206 g/mol. The van der Waals surface area contributed by atoms with Crippen molar-refractivity contribution >= 4 is 5.97 Å². The Balaban J connectivity index is 2.18. The number of carboxylic acids is 1. The topological polar surface area (TPSA) is 69.6 Å². The molecular formula is C11H14N2O2. The Bertz CT molecular complexity index is 345. The van der Waals surface area contributed by atoms with E-state index in [9.17, 15) is 9.90 Å². The molecular weight excluding hydrogens is 192 g/mol. The molecule has 80 valence electrons. The fraction of sp³-hybridized carbons (Fsp3) is 0.455. The van der Waals surface area contributed by atoms with Crippen molar-refractivity contribution in [2.45, 2.75) is 24.8 Å². The molecule has 2 rings (SSSR count). The largest absolute Gasteiger partial charge is 0.544 e. The van der Waals surface area contributed by atoms with Crippen LogP contribution in [0, 0.1) is 0 Å². The van der Waals surface area contributed by atoms with Crippen molar-refractivity contribution in [2.24, 2.45) is 0 Å². The van der Waals surface area contributed by atoms with Crippen LogP contribution >= 0.6 is 0 Å². The Morgan fingerprint density at radius 1 is 1.60 bits per heavy atom. The van der Waals surface area contributed by atoms with Crippen LogP contribution in [-0.4, -0.2) is 23.0 Å².